The number of nitrogens with zero attached hydrogens (tertiary/aromatic N) is 1. The van der Waals surface area contributed by atoms with E-state index < -0.39 is 12.0 Å². The smallest absolute Gasteiger partial charge is 0.336 e. The van der Waals surface area contributed by atoms with E-state index in [0.717, 1.165) is 10.9 Å². The number of fused-ring (bicyclic) bond motifs is 2. The van der Waals surface area contributed by atoms with Gasteiger partial charge in [0.05, 0.1) is 6.61 Å². The number of ether oxygens (including phenoxy) is 1. The molecule has 5 nitrogen and oxygen atoms in total. The zero-order valence-corrected chi connectivity index (χ0v) is 13.8. The summed E-state index contributed by atoms with van der Waals surface area (Å²) in [6.07, 6.45) is 0. The lowest BCUT2D eigenvalue weighted by molar-refractivity contribution is -0.149. The highest BCUT2D eigenvalue weighted by Crippen LogP contribution is 2.34. The second-order valence-corrected chi connectivity index (χ2v) is 5.93. The highest BCUT2D eigenvalue weighted by atomic mass is 16.5. The molecule has 1 aliphatic rings. The maximum atomic E-state index is 12.8. The highest BCUT2D eigenvalue weighted by Gasteiger charge is 2.40. The fraction of sp³-hybridized carbons (Fsp3) is 0.200. The molecule has 2 heterocycles. The first-order valence-corrected chi connectivity index (χ1v) is 8.23. The van der Waals surface area contributed by atoms with E-state index in [2.05, 4.69) is 0 Å². The van der Waals surface area contributed by atoms with Gasteiger partial charge in [0, 0.05) is 17.5 Å². The lowest BCUT2D eigenvalue weighted by Gasteiger charge is -2.24. The highest BCUT2D eigenvalue weighted by molar-refractivity contribution is 6.00. The van der Waals surface area contributed by atoms with Gasteiger partial charge in [-0.3, -0.25) is 4.79 Å². The van der Waals surface area contributed by atoms with Gasteiger partial charge in [0.25, 0.3) is 5.91 Å². The predicted octanol–water partition coefficient (Wildman–Crippen LogP) is 3.69. The summed E-state index contributed by atoms with van der Waals surface area (Å²) in [6, 6.07) is 15.8. The van der Waals surface area contributed by atoms with Crippen LogP contribution in [0.2, 0.25) is 0 Å². The van der Waals surface area contributed by atoms with Gasteiger partial charge < -0.3 is 14.1 Å². The molecule has 1 aliphatic heterocycles. The average molecular weight is 335 g/mol. The zero-order chi connectivity index (χ0) is 17.4. The van der Waals surface area contributed by atoms with Crippen molar-refractivity contribution in [3.63, 3.8) is 0 Å². The Morgan fingerprint density at radius 3 is 2.72 bits per heavy atom. The monoisotopic (exact) mass is 335 g/mol. The minimum absolute atomic E-state index is 0.186. The van der Waals surface area contributed by atoms with E-state index in [0.29, 0.717) is 23.5 Å². The Labute approximate surface area is 144 Å². The van der Waals surface area contributed by atoms with Crippen LogP contribution >= 0.6 is 0 Å². The van der Waals surface area contributed by atoms with Crippen LogP contribution in [0.15, 0.2) is 59.0 Å². The maximum absolute atomic E-state index is 12.8. The first-order chi connectivity index (χ1) is 12.2. The number of hydrogen-bond donors (Lipinski definition) is 0. The zero-order valence-electron chi connectivity index (χ0n) is 13.8. The number of esters is 1. The van der Waals surface area contributed by atoms with Crippen LogP contribution in [0.4, 0.5) is 0 Å². The molecule has 0 saturated carbocycles. The second-order valence-electron chi connectivity index (χ2n) is 5.93. The van der Waals surface area contributed by atoms with Crippen molar-refractivity contribution in [3.8, 4) is 0 Å². The normalized spacial score (nSPS) is 14.6. The molecular formula is C20H17NO4. The van der Waals surface area contributed by atoms with Crippen molar-refractivity contribution in [2.24, 2.45) is 0 Å². The Morgan fingerprint density at radius 1 is 1.20 bits per heavy atom. The van der Waals surface area contributed by atoms with E-state index >= 15 is 0 Å². The van der Waals surface area contributed by atoms with Crippen LogP contribution in [-0.4, -0.2) is 23.4 Å². The molecule has 0 N–H and O–H groups in total. The fourth-order valence-electron chi connectivity index (χ4n) is 3.24. The molecule has 0 fully saturated rings. The first-order valence-electron chi connectivity index (χ1n) is 8.23. The van der Waals surface area contributed by atoms with Crippen LogP contribution in [0.5, 0.6) is 0 Å². The number of amides is 1. The van der Waals surface area contributed by atoms with Crippen molar-refractivity contribution in [2.75, 3.05) is 6.61 Å². The van der Waals surface area contributed by atoms with E-state index in [1.54, 1.807) is 19.1 Å². The van der Waals surface area contributed by atoms with E-state index in [9.17, 15) is 9.59 Å². The minimum Gasteiger partial charge on any atom is -0.464 e. The summed E-state index contributed by atoms with van der Waals surface area (Å²) in [5.74, 6) is -0.252. The summed E-state index contributed by atoms with van der Waals surface area (Å²) in [5, 5.41) is 0.885. The molecule has 4 rings (SSSR count). The molecule has 1 atom stereocenters. The molecule has 126 valence electrons. The van der Waals surface area contributed by atoms with E-state index in [1.807, 2.05) is 42.5 Å². The summed E-state index contributed by atoms with van der Waals surface area (Å²) < 4.78 is 11.1. The van der Waals surface area contributed by atoms with Crippen molar-refractivity contribution in [3.05, 3.63) is 71.5 Å². The number of rotatable bonds is 4. The maximum Gasteiger partial charge on any atom is 0.336 e. The number of benzene rings is 2. The SMILES string of the molecule is CCOC(=O)C(c1cc2ccccc2o1)N1Cc2ccccc2C1=O. The lowest BCUT2D eigenvalue weighted by atomic mass is 10.1. The van der Waals surface area contributed by atoms with Crippen molar-refractivity contribution in [1.29, 1.82) is 0 Å². The average Bonchev–Trinajstić information content (AvgIpc) is 3.18. The van der Waals surface area contributed by atoms with Gasteiger partial charge in [-0.15, -0.1) is 0 Å². The fourth-order valence-corrected chi connectivity index (χ4v) is 3.24. The van der Waals surface area contributed by atoms with Crippen LogP contribution in [0, 0.1) is 0 Å². The van der Waals surface area contributed by atoms with Crippen molar-refractivity contribution in [1.82, 2.24) is 4.90 Å². The van der Waals surface area contributed by atoms with E-state index in [4.69, 9.17) is 9.15 Å². The lowest BCUT2D eigenvalue weighted by Crippen LogP contribution is -2.35. The van der Waals surface area contributed by atoms with Gasteiger partial charge in [0.1, 0.15) is 11.3 Å². The molecule has 0 aliphatic carbocycles. The van der Waals surface area contributed by atoms with Gasteiger partial charge in [-0.1, -0.05) is 36.4 Å². The van der Waals surface area contributed by atoms with Gasteiger partial charge >= 0.3 is 5.97 Å². The molecule has 3 aromatic rings. The van der Waals surface area contributed by atoms with E-state index in [1.165, 1.54) is 4.90 Å². The van der Waals surface area contributed by atoms with Crippen LogP contribution in [0.3, 0.4) is 0 Å². The van der Waals surface area contributed by atoms with Crippen LogP contribution < -0.4 is 0 Å². The Morgan fingerprint density at radius 2 is 1.96 bits per heavy atom. The summed E-state index contributed by atoms with van der Waals surface area (Å²) in [4.78, 5) is 27.0. The molecule has 0 bridgehead atoms. The summed E-state index contributed by atoms with van der Waals surface area (Å²) in [5.41, 5.74) is 2.20. The predicted molar refractivity (Wildman–Crippen MR) is 91.9 cm³/mol. The topological polar surface area (TPSA) is 59.8 Å². The molecule has 1 amide bonds. The number of carbonyl (C=O) groups excluding carboxylic acids is 2. The third-order valence-electron chi connectivity index (χ3n) is 4.38. The third kappa shape index (κ3) is 2.58. The molecule has 0 radical (unpaired) electrons. The summed E-state index contributed by atoms with van der Waals surface area (Å²) in [6.45, 7) is 2.34. The Hall–Kier alpha value is -3.08. The molecular weight excluding hydrogens is 318 g/mol. The molecule has 0 spiro atoms. The quantitative estimate of drug-likeness (QED) is 0.682. The number of carbonyl (C=O) groups is 2. The van der Waals surface area contributed by atoms with Crippen LogP contribution in [0.1, 0.15) is 34.6 Å². The molecule has 5 heteroatoms. The van der Waals surface area contributed by atoms with Gasteiger partial charge in [0.15, 0.2) is 6.04 Å². The van der Waals surface area contributed by atoms with Crippen molar-refractivity contribution in [2.45, 2.75) is 19.5 Å². The molecule has 0 saturated heterocycles. The minimum atomic E-state index is -0.896. The second kappa shape index (κ2) is 6.09. The Balaban J connectivity index is 1.77. The number of para-hydroxylation sites is 1. The molecule has 1 aromatic heterocycles. The Bertz CT molecular complexity index is 926. The van der Waals surface area contributed by atoms with Crippen LogP contribution in [0.25, 0.3) is 11.0 Å². The van der Waals surface area contributed by atoms with Crippen LogP contribution in [-0.2, 0) is 16.1 Å². The van der Waals surface area contributed by atoms with E-state index in [-0.39, 0.29) is 12.5 Å². The number of furan rings is 1. The molecule has 1 unspecified atom stereocenters. The van der Waals surface area contributed by atoms with Gasteiger partial charge in [-0.25, -0.2) is 4.79 Å². The number of hydrogen-bond acceptors (Lipinski definition) is 4. The van der Waals surface area contributed by atoms with Crippen molar-refractivity contribution < 1.29 is 18.7 Å². The largest absolute Gasteiger partial charge is 0.464 e. The van der Waals surface area contributed by atoms with Gasteiger partial charge in [0.2, 0.25) is 0 Å². The molecule has 25 heavy (non-hydrogen) atoms. The Kier molecular flexibility index (Phi) is 3.76. The van der Waals surface area contributed by atoms with Gasteiger partial charge in [-0.05, 0) is 30.7 Å². The first kappa shape index (κ1) is 15.4. The standard InChI is InChI=1S/C20H17NO4/c1-2-24-20(23)18(17-11-13-7-4-6-10-16(13)25-17)21-12-14-8-3-5-9-15(14)19(21)22/h3-11,18H,2,12H2,1H3. The van der Waals surface area contributed by atoms with Gasteiger partial charge in [-0.2, -0.15) is 0 Å². The third-order valence-corrected chi connectivity index (χ3v) is 4.38. The summed E-state index contributed by atoms with van der Waals surface area (Å²) >= 11 is 0. The molecule has 2 aromatic carbocycles. The summed E-state index contributed by atoms with van der Waals surface area (Å²) in [7, 11) is 0. The van der Waals surface area contributed by atoms with Crippen molar-refractivity contribution >= 4 is 22.8 Å².